The molecular weight excluding hydrogens is 265 g/mol. The minimum Gasteiger partial charge on any atom is -0.313 e. The molecule has 0 spiro atoms. The molecule has 1 fully saturated rings. The third kappa shape index (κ3) is 5.11. The number of benzene rings is 1. The molecule has 1 aliphatic heterocycles. The van der Waals surface area contributed by atoms with Gasteiger partial charge in [0.25, 0.3) is 0 Å². The lowest BCUT2D eigenvalue weighted by molar-refractivity contribution is 0.190. The highest BCUT2D eigenvalue weighted by Crippen LogP contribution is 2.15. The predicted octanol–water partition coefficient (Wildman–Crippen LogP) is 2.91. The van der Waals surface area contributed by atoms with Crippen LogP contribution < -0.4 is 5.32 Å². The number of rotatable bonds is 6. The fourth-order valence-electron chi connectivity index (χ4n) is 2.71. The van der Waals surface area contributed by atoms with E-state index in [4.69, 9.17) is 5.26 Å². The van der Waals surface area contributed by atoms with Crippen LogP contribution in [0.4, 0.5) is 4.39 Å². The first-order valence-corrected chi connectivity index (χ1v) is 7.80. The van der Waals surface area contributed by atoms with Gasteiger partial charge in [0.15, 0.2) is 0 Å². The van der Waals surface area contributed by atoms with Crippen molar-refractivity contribution in [2.45, 2.75) is 32.7 Å². The van der Waals surface area contributed by atoms with Gasteiger partial charge in [0.1, 0.15) is 11.9 Å². The Hall–Kier alpha value is -1.44. The van der Waals surface area contributed by atoms with Crippen molar-refractivity contribution in [3.63, 3.8) is 0 Å². The number of hydrogen-bond donors (Lipinski definition) is 1. The summed E-state index contributed by atoms with van der Waals surface area (Å²) in [6.45, 7) is 7.57. The lowest BCUT2D eigenvalue weighted by Gasteiger charge is -2.30. The topological polar surface area (TPSA) is 39.1 Å². The zero-order valence-corrected chi connectivity index (χ0v) is 12.7. The van der Waals surface area contributed by atoms with Crippen molar-refractivity contribution in [1.82, 2.24) is 10.2 Å². The van der Waals surface area contributed by atoms with Crippen LogP contribution in [-0.2, 0) is 6.54 Å². The lowest BCUT2D eigenvalue weighted by atomic mass is 9.99. The van der Waals surface area contributed by atoms with Gasteiger partial charge in [-0.3, -0.25) is 0 Å². The lowest BCUT2D eigenvalue weighted by Crippen LogP contribution is -2.34. The summed E-state index contributed by atoms with van der Waals surface area (Å²) in [5.41, 5.74) is 1.08. The molecule has 1 saturated heterocycles. The molecule has 1 N–H and O–H groups in total. The van der Waals surface area contributed by atoms with Crippen LogP contribution in [0.15, 0.2) is 18.2 Å². The van der Waals surface area contributed by atoms with Crippen LogP contribution in [0, 0.1) is 23.1 Å². The number of nitrogens with zero attached hydrogens (tertiary/aromatic N) is 2. The molecule has 0 saturated carbocycles. The maximum atomic E-state index is 13.2. The van der Waals surface area contributed by atoms with Crippen molar-refractivity contribution in [3.05, 3.63) is 35.1 Å². The van der Waals surface area contributed by atoms with Gasteiger partial charge in [0.2, 0.25) is 0 Å². The summed E-state index contributed by atoms with van der Waals surface area (Å²) >= 11 is 0. The Kier molecular flexibility index (Phi) is 6.16. The van der Waals surface area contributed by atoms with E-state index in [2.05, 4.69) is 17.1 Å². The maximum absolute atomic E-state index is 13.2. The van der Waals surface area contributed by atoms with E-state index >= 15 is 0 Å². The van der Waals surface area contributed by atoms with Gasteiger partial charge in [0.05, 0.1) is 5.56 Å². The van der Waals surface area contributed by atoms with Gasteiger partial charge in [-0.25, -0.2) is 4.39 Å². The highest BCUT2D eigenvalue weighted by molar-refractivity contribution is 5.34. The molecule has 0 amide bonds. The van der Waals surface area contributed by atoms with Gasteiger partial charge in [-0.15, -0.1) is 0 Å². The van der Waals surface area contributed by atoms with Crippen LogP contribution in [0.25, 0.3) is 0 Å². The normalized spacial score (nSPS) is 16.8. The van der Waals surface area contributed by atoms with Crippen LogP contribution in [-0.4, -0.2) is 31.1 Å². The number of piperidine rings is 1. The van der Waals surface area contributed by atoms with Crippen LogP contribution in [0.3, 0.4) is 0 Å². The predicted molar refractivity (Wildman–Crippen MR) is 82.3 cm³/mol. The molecule has 0 atom stereocenters. The fraction of sp³-hybridized carbons (Fsp3) is 0.588. The molecule has 0 bridgehead atoms. The van der Waals surface area contributed by atoms with E-state index in [1.54, 1.807) is 12.1 Å². The van der Waals surface area contributed by atoms with Gasteiger partial charge in [-0.05, 0) is 69.1 Å². The van der Waals surface area contributed by atoms with Crippen molar-refractivity contribution in [1.29, 1.82) is 5.26 Å². The molecule has 0 aromatic heterocycles. The summed E-state index contributed by atoms with van der Waals surface area (Å²) in [6.07, 6.45) is 3.76. The molecule has 21 heavy (non-hydrogen) atoms. The largest absolute Gasteiger partial charge is 0.313 e. The van der Waals surface area contributed by atoms with Crippen molar-refractivity contribution >= 4 is 0 Å². The molecule has 2 rings (SSSR count). The molecule has 4 heteroatoms. The molecule has 1 aromatic rings. The molecule has 114 valence electrons. The maximum Gasteiger partial charge on any atom is 0.140 e. The SMILES string of the molecule is CC1CCN(CCCNCc2ccc(F)c(C#N)c2)CC1. The van der Waals surface area contributed by atoms with Gasteiger partial charge in [-0.2, -0.15) is 5.26 Å². The van der Waals surface area contributed by atoms with Gasteiger partial charge in [0, 0.05) is 6.54 Å². The van der Waals surface area contributed by atoms with Crippen LogP contribution in [0.2, 0.25) is 0 Å². The molecule has 0 radical (unpaired) electrons. The first-order valence-electron chi connectivity index (χ1n) is 7.80. The number of hydrogen-bond acceptors (Lipinski definition) is 3. The third-order valence-corrected chi connectivity index (χ3v) is 4.18. The molecule has 1 aromatic carbocycles. The highest BCUT2D eigenvalue weighted by atomic mass is 19.1. The van der Waals surface area contributed by atoms with Crippen LogP contribution >= 0.6 is 0 Å². The Morgan fingerprint density at radius 3 is 2.86 bits per heavy atom. The summed E-state index contributed by atoms with van der Waals surface area (Å²) < 4.78 is 13.2. The smallest absolute Gasteiger partial charge is 0.140 e. The Bertz CT molecular complexity index is 487. The molecule has 0 aliphatic carbocycles. The zero-order valence-electron chi connectivity index (χ0n) is 12.7. The highest BCUT2D eigenvalue weighted by Gasteiger charge is 2.14. The molecular formula is C17H24FN3. The van der Waals surface area contributed by atoms with Crippen molar-refractivity contribution < 1.29 is 4.39 Å². The summed E-state index contributed by atoms with van der Waals surface area (Å²) in [6, 6.07) is 6.59. The average Bonchev–Trinajstić information content (AvgIpc) is 2.50. The van der Waals surface area contributed by atoms with Crippen molar-refractivity contribution in [3.8, 4) is 6.07 Å². The quantitative estimate of drug-likeness (QED) is 0.818. The Labute approximate surface area is 126 Å². The Balaban J connectivity index is 1.63. The number of likely N-dealkylation sites (tertiary alicyclic amines) is 1. The third-order valence-electron chi connectivity index (χ3n) is 4.18. The summed E-state index contributed by atoms with van der Waals surface area (Å²) in [5.74, 6) is 0.438. The van der Waals surface area contributed by atoms with E-state index in [0.29, 0.717) is 6.54 Å². The minimum atomic E-state index is -0.444. The van der Waals surface area contributed by atoms with E-state index < -0.39 is 5.82 Å². The first-order chi connectivity index (χ1) is 10.2. The van der Waals surface area contributed by atoms with E-state index in [9.17, 15) is 4.39 Å². The molecule has 1 heterocycles. The number of halogens is 1. The number of nitriles is 1. The van der Waals surface area contributed by atoms with Crippen molar-refractivity contribution in [2.24, 2.45) is 5.92 Å². The Morgan fingerprint density at radius 2 is 2.14 bits per heavy atom. The van der Waals surface area contributed by atoms with Crippen LogP contribution in [0.5, 0.6) is 0 Å². The van der Waals surface area contributed by atoms with E-state index in [1.807, 2.05) is 6.07 Å². The second-order valence-corrected chi connectivity index (χ2v) is 5.98. The van der Waals surface area contributed by atoms with Gasteiger partial charge in [-0.1, -0.05) is 13.0 Å². The van der Waals surface area contributed by atoms with Gasteiger partial charge < -0.3 is 10.2 Å². The van der Waals surface area contributed by atoms with Gasteiger partial charge >= 0.3 is 0 Å². The first kappa shape index (κ1) is 15.9. The number of nitrogens with one attached hydrogen (secondary N) is 1. The minimum absolute atomic E-state index is 0.122. The summed E-state index contributed by atoms with van der Waals surface area (Å²) in [5, 5.41) is 12.2. The molecule has 0 unspecified atom stereocenters. The monoisotopic (exact) mass is 289 g/mol. The Morgan fingerprint density at radius 1 is 1.38 bits per heavy atom. The molecule has 1 aliphatic rings. The second kappa shape index (κ2) is 8.11. The summed E-state index contributed by atoms with van der Waals surface area (Å²) in [7, 11) is 0. The molecule has 3 nitrogen and oxygen atoms in total. The fourth-order valence-corrected chi connectivity index (χ4v) is 2.71. The zero-order chi connectivity index (χ0) is 15.1. The summed E-state index contributed by atoms with van der Waals surface area (Å²) in [4.78, 5) is 2.54. The average molecular weight is 289 g/mol. The van der Waals surface area contributed by atoms with Crippen LogP contribution in [0.1, 0.15) is 37.3 Å². The van der Waals surface area contributed by atoms with Crippen molar-refractivity contribution in [2.75, 3.05) is 26.2 Å². The standard InChI is InChI=1S/C17H24FN3/c1-14-5-9-21(10-6-14)8-2-7-20-13-15-3-4-17(18)16(11-15)12-19/h3-4,11,14,20H,2,5-10,13H2,1H3. The van der Waals surface area contributed by atoms with E-state index in [-0.39, 0.29) is 5.56 Å². The van der Waals surface area contributed by atoms with E-state index in [1.165, 1.54) is 32.0 Å². The second-order valence-electron chi connectivity index (χ2n) is 5.98. The van der Waals surface area contributed by atoms with E-state index in [0.717, 1.165) is 31.0 Å².